The van der Waals surface area contributed by atoms with Crippen molar-refractivity contribution >= 4 is 0 Å². The number of methoxy groups -OCH3 is 1. The van der Waals surface area contributed by atoms with Gasteiger partial charge >= 0.3 is 6.18 Å². The number of alkyl halides is 3. The van der Waals surface area contributed by atoms with Gasteiger partial charge in [0.2, 0.25) is 5.88 Å². The number of ether oxygens (including phenoxy) is 2. The number of pyridine rings is 1. The van der Waals surface area contributed by atoms with Gasteiger partial charge in [0.05, 0.1) is 12.7 Å². The molecule has 3 rings (SSSR count). The van der Waals surface area contributed by atoms with E-state index in [1.807, 2.05) is 6.07 Å². The van der Waals surface area contributed by atoms with Crippen LogP contribution in [0, 0.1) is 0 Å². The summed E-state index contributed by atoms with van der Waals surface area (Å²) in [6, 6.07) is 7.56. The molecule has 1 saturated heterocycles. The highest BCUT2D eigenvalue weighted by Crippen LogP contribution is 2.32. The van der Waals surface area contributed by atoms with Crippen LogP contribution in [-0.4, -0.2) is 30.1 Å². The van der Waals surface area contributed by atoms with Crippen LogP contribution in [0.5, 0.6) is 17.4 Å². The minimum absolute atomic E-state index is 0.0994. The standard InChI is InChI=1S/C18H19F3N2O2/c1-24-16-10-15(6-4-13(16)12-23-8-2-3-9-23)25-17-7-5-14(11-22-17)18(19,20)21/h4-7,10-11H,2-3,8-9,12H2,1H3. The van der Waals surface area contributed by atoms with Crippen LogP contribution in [0.15, 0.2) is 36.5 Å². The maximum absolute atomic E-state index is 12.6. The first-order chi connectivity index (χ1) is 12.0. The minimum atomic E-state index is -4.41. The Hall–Kier alpha value is -2.28. The minimum Gasteiger partial charge on any atom is -0.496 e. The number of rotatable bonds is 5. The molecule has 0 spiro atoms. The predicted octanol–water partition coefficient (Wildman–Crippen LogP) is 4.50. The van der Waals surface area contributed by atoms with Crippen molar-refractivity contribution in [1.82, 2.24) is 9.88 Å². The molecule has 0 unspecified atom stereocenters. The molecule has 1 aliphatic heterocycles. The summed E-state index contributed by atoms with van der Waals surface area (Å²) in [7, 11) is 1.59. The summed E-state index contributed by atoms with van der Waals surface area (Å²) in [5, 5.41) is 0. The van der Waals surface area contributed by atoms with E-state index in [4.69, 9.17) is 9.47 Å². The van der Waals surface area contributed by atoms with Crippen molar-refractivity contribution in [2.75, 3.05) is 20.2 Å². The van der Waals surface area contributed by atoms with Gasteiger partial charge in [0.25, 0.3) is 0 Å². The molecule has 25 heavy (non-hydrogen) atoms. The summed E-state index contributed by atoms with van der Waals surface area (Å²) in [6.45, 7) is 2.97. The lowest BCUT2D eigenvalue weighted by Crippen LogP contribution is -2.18. The molecule has 1 fully saturated rings. The van der Waals surface area contributed by atoms with E-state index in [9.17, 15) is 13.2 Å². The van der Waals surface area contributed by atoms with Crippen LogP contribution < -0.4 is 9.47 Å². The first kappa shape index (κ1) is 17.5. The van der Waals surface area contributed by atoms with Crippen LogP contribution in [0.2, 0.25) is 0 Å². The fourth-order valence-electron chi connectivity index (χ4n) is 2.83. The third kappa shape index (κ3) is 4.42. The van der Waals surface area contributed by atoms with E-state index < -0.39 is 11.7 Å². The van der Waals surface area contributed by atoms with Crippen molar-refractivity contribution in [3.8, 4) is 17.4 Å². The number of benzene rings is 1. The second-order valence-electron chi connectivity index (χ2n) is 5.94. The average Bonchev–Trinajstić information content (AvgIpc) is 3.09. The van der Waals surface area contributed by atoms with Crippen LogP contribution in [-0.2, 0) is 12.7 Å². The quantitative estimate of drug-likeness (QED) is 0.794. The molecule has 0 saturated carbocycles. The number of hydrogen-bond acceptors (Lipinski definition) is 4. The zero-order valence-electron chi connectivity index (χ0n) is 13.8. The van der Waals surface area contributed by atoms with Gasteiger partial charge in [0, 0.05) is 30.4 Å². The molecule has 1 aromatic carbocycles. The number of hydrogen-bond donors (Lipinski definition) is 0. The van der Waals surface area contributed by atoms with Crippen molar-refractivity contribution in [3.63, 3.8) is 0 Å². The first-order valence-electron chi connectivity index (χ1n) is 8.06. The fourth-order valence-corrected chi connectivity index (χ4v) is 2.83. The molecule has 7 heteroatoms. The summed E-state index contributed by atoms with van der Waals surface area (Å²) in [5.41, 5.74) is 0.246. The maximum Gasteiger partial charge on any atom is 0.417 e. The summed E-state index contributed by atoms with van der Waals surface area (Å²) < 4.78 is 48.6. The molecule has 2 heterocycles. The third-order valence-electron chi connectivity index (χ3n) is 4.14. The van der Waals surface area contributed by atoms with E-state index in [-0.39, 0.29) is 5.88 Å². The van der Waals surface area contributed by atoms with E-state index >= 15 is 0 Å². The lowest BCUT2D eigenvalue weighted by Gasteiger charge is -2.17. The molecule has 0 radical (unpaired) electrons. The van der Waals surface area contributed by atoms with Gasteiger partial charge in [-0.3, -0.25) is 4.90 Å². The third-order valence-corrected chi connectivity index (χ3v) is 4.14. The molecule has 4 nitrogen and oxygen atoms in total. The molecular formula is C18H19F3N2O2. The van der Waals surface area contributed by atoms with Crippen LogP contribution in [0.4, 0.5) is 13.2 Å². The Bertz CT molecular complexity index is 711. The predicted molar refractivity (Wildman–Crippen MR) is 86.8 cm³/mol. The maximum atomic E-state index is 12.6. The van der Waals surface area contributed by atoms with E-state index in [0.29, 0.717) is 11.5 Å². The molecule has 0 N–H and O–H groups in total. The van der Waals surface area contributed by atoms with Crippen molar-refractivity contribution in [3.05, 3.63) is 47.7 Å². The van der Waals surface area contributed by atoms with Crippen molar-refractivity contribution in [1.29, 1.82) is 0 Å². The lowest BCUT2D eigenvalue weighted by molar-refractivity contribution is -0.137. The van der Waals surface area contributed by atoms with Crippen molar-refractivity contribution in [2.24, 2.45) is 0 Å². The second-order valence-corrected chi connectivity index (χ2v) is 5.94. The SMILES string of the molecule is COc1cc(Oc2ccc(C(F)(F)F)cn2)ccc1CN1CCCC1. The zero-order chi connectivity index (χ0) is 17.9. The molecule has 0 atom stereocenters. The van der Waals surface area contributed by atoms with Crippen LogP contribution in [0.25, 0.3) is 0 Å². The first-order valence-corrected chi connectivity index (χ1v) is 8.06. The molecule has 0 aliphatic carbocycles. The van der Waals surface area contributed by atoms with Gasteiger partial charge in [0.15, 0.2) is 0 Å². The topological polar surface area (TPSA) is 34.6 Å². The van der Waals surface area contributed by atoms with Crippen molar-refractivity contribution in [2.45, 2.75) is 25.6 Å². The second kappa shape index (κ2) is 7.31. The van der Waals surface area contributed by atoms with Crippen LogP contribution in [0.1, 0.15) is 24.0 Å². The number of halogens is 3. The normalized spacial score (nSPS) is 15.4. The molecule has 1 aliphatic rings. The molecule has 0 bridgehead atoms. The Balaban J connectivity index is 1.72. The smallest absolute Gasteiger partial charge is 0.417 e. The van der Waals surface area contributed by atoms with Gasteiger partial charge in [0.1, 0.15) is 11.5 Å². The summed E-state index contributed by atoms with van der Waals surface area (Å²) in [6.07, 6.45) is -1.23. The van der Waals surface area contributed by atoms with Gasteiger partial charge in [-0.2, -0.15) is 13.2 Å². The molecule has 2 aromatic rings. The van der Waals surface area contributed by atoms with Crippen LogP contribution >= 0.6 is 0 Å². The summed E-state index contributed by atoms with van der Waals surface area (Å²) >= 11 is 0. The number of aromatic nitrogens is 1. The Morgan fingerprint density at radius 1 is 1.12 bits per heavy atom. The Morgan fingerprint density at radius 2 is 1.88 bits per heavy atom. The number of likely N-dealkylation sites (tertiary alicyclic amines) is 1. The number of nitrogens with zero attached hydrogens (tertiary/aromatic N) is 2. The summed E-state index contributed by atoms with van der Waals surface area (Å²) in [5.74, 6) is 1.26. The van der Waals surface area contributed by atoms with E-state index in [0.717, 1.165) is 37.5 Å². The Labute approximate surface area is 144 Å². The van der Waals surface area contributed by atoms with Gasteiger partial charge in [-0.05, 0) is 38.1 Å². The monoisotopic (exact) mass is 352 g/mol. The molecular weight excluding hydrogens is 333 g/mol. The average molecular weight is 352 g/mol. The Morgan fingerprint density at radius 3 is 2.48 bits per heavy atom. The highest BCUT2D eigenvalue weighted by molar-refractivity contribution is 5.42. The van der Waals surface area contributed by atoms with Gasteiger partial charge in [-0.1, -0.05) is 6.07 Å². The largest absolute Gasteiger partial charge is 0.496 e. The molecule has 1 aromatic heterocycles. The van der Waals surface area contributed by atoms with E-state index in [1.165, 1.54) is 18.9 Å². The highest BCUT2D eigenvalue weighted by Gasteiger charge is 2.30. The zero-order valence-corrected chi connectivity index (χ0v) is 13.8. The lowest BCUT2D eigenvalue weighted by atomic mass is 10.2. The Kier molecular flexibility index (Phi) is 5.13. The van der Waals surface area contributed by atoms with Gasteiger partial charge in [-0.25, -0.2) is 4.98 Å². The molecule has 0 amide bonds. The fraction of sp³-hybridized carbons (Fsp3) is 0.389. The van der Waals surface area contributed by atoms with Crippen molar-refractivity contribution < 1.29 is 22.6 Å². The highest BCUT2D eigenvalue weighted by atomic mass is 19.4. The summed E-state index contributed by atoms with van der Waals surface area (Å²) in [4.78, 5) is 6.07. The van der Waals surface area contributed by atoms with Gasteiger partial charge < -0.3 is 9.47 Å². The molecule has 134 valence electrons. The van der Waals surface area contributed by atoms with E-state index in [1.54, 1.807) is 19.2 Å². The van der Waals surface area contributed by atoms with Gasteiger partial charge in [-0.15, -0.1) is 0 Å². The van der Waals surface area contributed by atoms with Crippen LogP contribution in [0.3, 0.4) is 0 Å². The van der Waals surface area contributed by atoms with E-state index in [2.05, 4.69) is 9.88 Å².